The number of nitrogens with zero attached hydrogens (tertiary/aromatic N) is 3. The van der Waals surface area contributed by atoms with Gasteiger partial charge in [-0.05, 0) is 32.3 Å². The van der Waals surface area contributed by atoms with E-state index in [-0.39, 0.29) is 29.4 Å². The predicted octanol–water partition coefficient (Wildman–Crippen LogP) is 2.69. The zero-order chi connectivity index (χ0) is 16.9. The van der Waals surface area contributed by atoms with Gasteiger partial charge < -0.3 is 15.4 Å². The van der Waals surface area contributed by atoms with Crippen molar-refractivity contribution in [3.8, 4) is 0 Å². The van der Waals surface area contributed by atoms with Gasteiger partial charge in [0.05, 0.1) is 18.3 Å². The molecule has 6 nitrogen and oxygen atoms in total. The van der Waals surface area contributed by atoms with E-state index < -0.39 is 0 Å². The Bertz CT molecular complexity index is 527. The number of guanidine groups is 1. The van der Waals surface area contributed by atoms with E-state index in [1.807, 2.05) is 31.0 Å². The Morgan fingerprint density at radius 1 is 1.42 bits per heavy atom. The Labute approximate surface area is 162 Å². The van der Waals surface area contributed by atoms with Crippen molar-refractivity contribution in [1.29, 1.82) is 0 Å². The lowest BCUT2D eigenvalue weighted by atomic mass is 9.58. The smallest absolute Gasteiger partial charge is 0.191 e. The maximum Gasteiger partial charge on any atom is 0.191 e. The molecule has 0 bridgehead atoms. The minimum absolute atomic E-state index is 0. The second kappa shape index (κ2) is 9.60. The summed E-state index contributed by atoms with van der Waals surface area (Å²) in [6.45, 7) is 8.09. The van der Waals surface area contributed by atoms with Crippen molar-refractivity contribution >= 4 is 29.9 Å². The lowest BCUT2D eigenvalue weighted by molar-refractivity contribution is -0.133. The minimum Gasteiger partial charge on any atom is -0.378 e. The molecule has 1 aromatic heterocycles. The van der Waals surface area contributed by atoms with E-state index in [0.29, 0.717) is 18.7 Å². The van der Waals surface area contributed by atoms with Crippen LogP contribution in [0.3, 0.4) is 0 Å². The maximum absolute atomic E-state index is 5.94. The van der Waals surface area contributed by atoms with Crippen LogP contribution in [0.25, 0.3) is 0 Å². The lowest BCUT2D eigenvalue weighted by Crippen LogP contribution is -2.65. The SMILES string of the molecule is CCOC1CC(NC(=NC)NCc2ccnn2C)C1(CC)CC.I. The van der Waals surface area contributed by atoms with Crippen molar-refractivity contribution in [2.75, 3.05) is 13.7 Å². The summed E-state index contributed by atoms with van der Waals surface area (Å²) in [5, 5.41) is 11.2. The molecule has 0 spiro atoms. The molecule has 0 saturated heterocycles. The van der Waals surface area contributed by atoms with Crippen LogP contribution >= 0.6 is 24.0 Å². The van der Waals surface area contributed by atoms with E-state index in [4.69, 9.17) is 4.74 Å². The van der Waals surface area contributed by atoms with Gasteiger partial charge in [0.2, 0.25) is 0 Å². The Balaban J connectivity index is 0.00000288. The first-order chi connectivity index (χ1) is 11.1. The van der Waals surface area contributed by atoms with Crippen molar-refractivity contribution in [3.05, 3.63) is 18.0 Å². The van der Waals surface area contributed by atoms with Gasteiger partial charge in [0.25, 0.3) is 0 Å². The highest BCUT2D eigenvalue weighted by Gasteiger charge is 2.53. The number of ether oxygens (including phenoxy) is 1. The number of aryl methyl sites for hydroxylation is 1. The molecule has 1 aromatic rings. The number of hydrogen-bond donors (Lipinski definition) is 2. The van der Waals surface area contributed by atoms with Crippen molar-refractivity contribution in [1.82, 2.24) is 20.4 Å². The Kier molecular flexibility index (Phi) is 8.49. The Hall–Kier alpha value is -0.830. The van der Waals surface area contributed by atoms with Crippen molar-refractivity contribution in [2.45, 2.75) is 58.7 Å². The average Bonchev–Trinajstić information content (AvgIpc) is 2.96. The summed E-state index contributed by atoms with van der Waals surface area (Å²) in [5.74, 6) is 0.845. The van der Waals surface area contributed by atoms with Crippen LogP contribution in [-0.2, 0) is 18.3 Å². The van der Waals surface area contributed by atoms with Crippen molar-refractivity contribution in [3.63, 3.8) is 0 Å². The molecule has 1 aliphatic rings. The molecular weight excluding hydrogens is 417 g/mol. The van der Waals surface area contributed by atoms with Gasteiger partial charge >= 0.3 is 0 Å². The number of aliphatic imine (C=N–C) groups is 1. The van der Waals surface area contributed by atoms with Gasteiger partial charge in [-0.15, -0.1) is 24.0 Å². The summed E-state index contributed by atoms with van der Waals surface area (Å²) < 4.78 is 7.82. The highest BCUT2D eigenvalue weighted by atomic mass is 127. The van der Waals surface area contributed by atoms with Crippen LogP contribution in [0, 0.1) is 5.41 Å². The molecule has 2 unspecified atom stereocenters. The molecule has 2 rings (SSSR count). The zero-order valence-corrected chi connectivity index (χ0v) is 17.8. The first-order valence-electron chi connectivity index (χ1n) is 8.66. The number of aromatic nitrogens is 2. The fraction of sp³-hybridized carbons (Fsp3) is 0.765. The molecular formula is C17H32IN5O. The standard InChI is InChI=1S/C17H31N5O.HI/c1-6-17(7-2)14(11-15(17)23-8-3)21-16(18-4)19-12-13-9-10-20-22(13)5;/h9-10,14-15H,6-8,11-12H2,1-5H3,(H2,18,19,21);1H. The molecule has 24 heavy (non-hydrogen) atoms. The van der Waals surface area contributed by atoms with E-state index in [1.54, 1.807) is 0 Å². The normalized spacial score (nSPS) is 22.5. The summed E-state index contributed by atoms with van der Waals surface area (Å²) >= 11 is 0. The van der Waals surface area contributed by atoms with E-state index in [1.165, 1.54) is 0 Å². The number of rotatable bonds is 7. The first kappa shape index (κ1) is 21.2. The third-order valence-corrected chi connectivity index (χ3v) is 5.36. The van der Waals surface area contributed by atoms with Gasteiger partial charge in [-0.25, -0.2) is 0 Å². The van der Waals surface area contributed by atoms with Crippen LogP contribution in [-0.4, -0.2) is 41.5 Å². The Morgan fingerprint density at radius 2 is 2.12 bits per heavy atom. The zero-order valence-electron chi connectivity index (χ0n) is 15.5. The molecule has 1 saturated carbocycles. The number of hydrogen-bond acceptors (Lipinski definition) is 3. The van der Waals surface area contributed by atoms with Gasteiger partial charge in [0.15, 0.2) is 5.96 Å². The van der Waals surface area contributed by atoms with Gasteiger partial charge in [-0.2, -0.15) is 5.10 Å². The fourth-order valence-corrected chi connectivity index (χ4v) is 3.69. The summed E-state index contributed by atoms with van der Waals surface area (Å²) in [4.78, 5) is 4.37. The van der Waals surface area contributed by atoms with E-state index in [0.717, 1.165) is 37.5 Å². The van der Waals surface area contributed by atoms with Crippen LogP contribution in [0.2, 0.25) is 0 Å². The molecule has 0 aromatic carbocycles. The van der Waals surface area contributed by atoms with Gasteiger partial charge in [-0.3, -0.25) is 9.67 Å². The highest BCUT2D eigenvalue weighted by Crippen LogP contribution is 2.48. The van der Waals surface area contributed by atoms with Gasteiger partial charge in [0, 0.05) is 38.4 Å². The van der Waals surface area contributed by atoms with E-state index >= 15 is 0 Å². The molecule has 1 heterocycles. The lowest BCUT2D eigenvalue weighted by Gasteiger charge is -2.55. The molecule has 0 aliphatic heterocycles. The van der Waals surface area contributed by atoms with Crippen LogP contribution in [0.15, 0.2) is 17.3 Å². The first-order valence-corrected chi connectivity index (χ1v) is 8.66. The molecule has 138 valence electrons. The maximum atomic E-state index is 5.94. The Morgan fingerprint density at radius 3 is 2.62 bits per heavy atom. The van der Waals surface area contributed by atoms with E-state index in [9.17, 15) is 0 Å². The summed E-state index contributed by atoms with van der Waals surface area (Å²) in [7, 11) is 3.77. The fourth-order valence-electron chi connectivity index (χ4n) is 3.69. The second-order valence-corrected chi connectivity index (χ2v) is 6.19. The topological polar surface area (TPSA) is 63.5 Å². The summed E-state index contributed by atoms with van der Waals surface area (Å²) in [6, 6.07) is 2.42. The van der Waals surface area contributed by atoms with Crippen LogP contribution in [0.4, 0.5) is 0 Å². The monoisotopic (exact) mass is 449 g/mol. The third kappa shape index (κ3) is 4.22. The molecule has 0 amide bonds. The van der Waals surface area contributed by atoms with Crippen LogP contribution in [0.1, 0.15) is 45.7 Å². The summed E-state index contributed by atoms with van der Waals surface area (Å²) in [6.07, 6.45) is 5.44. The molecule has 1 aliphatic carbocycles. The van der Waals surface area contributed by atoms with Crippen molar-refractivity contribution in [2.24, 2.45) is 17.5 Å². The molecule has 0 radical (unpaired) electrons. The second-order valence-electron chi connectivity index (χ2n) is 6.19. The van der Waals surface area contributed by atoms with Crippen LogP contribution in [0.5, 0.6) is 0 Å². The molecule has 7 heteroatoms. The molecule has 2 atom stereocenters. The van der Waals surface area contributed by atoms with Gasteiger partial charge in [-0.1, -0.05) is 13.8 Å². The quantitative estimate of drug-likeness (QED) is 0.382. The third-order valence-electron chi connectivity index (χ3n) is 5.36. The number of halogens is 1. The average molecular weight is 449 g/mol. The largest absolute Gasteiger partial charge is 0.378 e. The minimum atomic E-state index is 0. The highest BCUT2D eigenvalue weighted by molar-refractivity contribution is 14.0. The summed E-state index contributed by atoms with van der Waals surface area (Å²) in [5.41, 5.74) is 1.34. The van der Waals surface area contributed by atoms with Gasteiger partial charge in [0.1, 0.15) is 0 Å². The van der Waals surface area contributed by atoms with Crippen molar-refractivity contribution < 1.29 is 4.74 Å². The predicted molar refractivity (Wildman–Crippen MR) is 109 cm³/mol. The van der Waals surface area contributed by atoms with Crippen LogP contribution < -0.4 is 10.6 Å². The number of nitrogens with one attached hydrogen (secondary N) is 2. The molecule has 2 N–H and O–H groups in total. The van der Waals surface area contributed by atoms with E-state index in [2.05, 4.69) is 41.5 Å². The molecule has 1 fully saturated rings.